The maximum atomic E-state index is 6.55. The zero-order valence-electron chi connectivity index (χ0n) is 23.8. The number of rotatable bonds is 4. The van der Waals surface area contributed by atoms with Crippen LogP contribution >= 0.6 is 11.3 Å². The van der Waals surface area contributed by atoms with E-state index < -0.39 is 0 Å². The van der Waals surface area contributed by atoms with Gasteiger partial charge >= 0.3 is 0 Å². The molecule has 0 saturated carbocycles. The minimum Gasteiger partial charge on any atom is -0.456 e. The molecule has 0 spiro atoms. The van der Waals surface area contributed by atoms with Crippen molar-refractivity contribution >= 4 is 53.4 Å². The van der Waals surface area contributed by atoms with Gasteiger partial charge in [-0.1, -0.05) is 127 Å². The van der Waals surface area contributed by atoms with Crippen LogP contribution < -0.4 is 0 Å². The lowest BCUT2D eigenvalue weighted by Gasteiger charge is -2.16. The van der Waals surface area contributed by atoms with Crippen LogP contribution in [0.2, 0.25) is 0 Å². The number of hydrogen-bond donors (Lipinski definition) is 0. The Labute approximate surface area is 259 Å². The average molecular weight is 579 g/mol. The van der Waals surface area contributed by atoms with Crippen LogP contribution in [0.25, 0.3) is 86.6 Å². The lowest BCUT2D eigenvalue weighted by Crippen LogP contribution is -1.90. The average Bonchev–Trinajstić information content (AvgIpc) is 3.66. The van der Waals surface area contributed by atoms with E-state index >= 15 is 0 Å². The predicted molar refractivity (Wildman–Crippen MR) is 188 cm³/mol. The summed E-state index contributed by atoms with van der Waals surface area (Å²) in [5.74, 6) is 0. The van der Waals surface area contributed by atoms with Gasteiger partial charge in [0.05, 0.1) is 0 Å². The van der Waals surface area contributed by atoms with E-state index in [4.69, 9.17) is 4.42 Å². The fraction of sp³-hybridized carbons (Fsp3) is 0. The van der Waals surface area contributed by atoms with Gasteiger partial charge in [-0.25, -0.2) is 0 Å². The summed E-state index contributed by atoms with van der Waals surface area (Å²) in [6.07, 6.45) is 0. The van der Waals surface area contributed by atoms with Gasteiger partial charge in [0.15, 0.2) is 0 Å². The van der Waals surface area contributed by atoms with Gasteiger partial charge in [-0.3, -0.25) is 0 Å². The number of benzene rings is 7. The summed E-state index contributed by atoms with van der Waals surface area (Å²) in [5, 5.41) is 4.91. The van der Waals surface area contributed by atoms with Crippen LogP contribution in [0, 0.1) is 0 Å². The minimum absolute atomic E-state index is 0.904. The first-order valence-electron chi connectivity index (χ1n) is 14.9. The quantitative estimate of drug-likeness (QED) is 0.202. The molecule has 2 heterocycles. The molecule has 0 unspecified atom stereocenters. The van der Waals surface area contributed by atoms with Crippen molar-refractivity contribution in [1.29, 1.82) is 0 Å². The second-order valence-corrected chi connectivity index (χ2v) is 12.3. The molecular formula is C42H26OS. The van der Waals surface area contributed by atoms with Crippen LogP contribution in [-0.2, 0) is 0 Å². The topological polar surface area (TPSA) is 13.1 Å². The molecule has 0 aliphatic carbocycles. The van der Waals surface area contributed by atoms with Crippen LogP contribution in [0.15, 0.2) is 162 Å². The Bertz CT molecular complexity index is 2500. The highest BCUT2D eigenvalue weighted by atomic mass is 32.1. The first-order chi connectivity index (χ1) is 21.8. The molecule has 9 aromatic rings. The fourth-order valence-electron chi connectivity index (χ4n) is 6.68. The Balaban J connectivity index is 1.31. The Kier molecular flexibility index (Phi) is 5.75. The summed E-state index contributed by atoms with van der Waals surface area (Å²) in [6, 6.07) is 56.7. The zero-order chi connectivity index (χ0) is 29.0. The van der Waals surface area contributed by atoms with Gasteiger partial charge in [-0.05, 0) is 74.8 Å². The molecule has 0 saturated heterocycles. The number of furan rings is 1. The summed E-state index contributed by atoms with van der Waals surface area (Å²) >= 11 is 1.85. The largest absolute Gasteiger partial charge is 0.456 e. The van der Waals surface area contributed by atoms with Crippen molar-refractivity contribution in [2.75, 3.05) is 0 Å². The maximum absolute atomic E-state index is 6.55. The van der Waals surface area contributed by atoms with E-state index in [1.54, 1.807) is 0 Å². The minimum atomic E-state index is 0.904. The third kappa shape index (κ3) is 4.00. The van der Waals surface area contributed by atoms with Crippen LogP contribution in [0.3, 0.4) is 0 Å². The normalized spacial score (nSPS) is 11.6. The van der Waals surface area contributed by atoms with Crippen LogP contribution in [0.1, 0.15) is 0 Å². The molecular weight excluding hydrogens is 553 g/mol. The summed E-state index contributed by atoms with van der Waals surface area (Å²) in [4.78, 5) is 0. The molecule has 0 aliphatic heterocycles. The fourth-order valence-corrected chi connectivity index (χ4v) is 7.82. The van der Waals surface area contributed by atoms with Crippen molar-refractivity contribution in [2.24, 2.45) is 0 Å². The molecule has 206 valence electrons. The van der Waals surface area contributed by atoms with Crippen molar-refractivity contribution in [3.63, 3.8) is 0 Å². The molecule has 0 bridgehead atoms. The van der Waals surface area contributed by atoms with Gasteiger partial charge in [0.25, 0.3) is 0 Å². The van der Waals surface area contributed by atoms with Crippen molar-refractivity contribution < 1.29 is 4.42 Å². The summed E-state index contributed by atoms with van der Waals surface area (Å²) in [5.41, 5.74) is 11.4. The maximum Gasteiger partial charge on any atom is 0.136 e. The molecule has 1 nitrogen and oxygen atoms in total. The van der Waals surface area contributed by atoms with Crippen molar-refractivity contribution in [2.45, 2.75) is 0 Å². The zero-order valence-corrected chi connectivity index (χ0v) is 24.6. The van der Waals surface area contributed by atoms with Gasteiger partial charge in [-0.2, -0.15) is 0 Å². The predicted octanol–water partition coefficient (Wildman–Crippen LogP) is 12.6. The van der Waals surface area contributed by atoms with Gasteiger partial charge < -0.3 is 4.42 Å². The van der Waals surface area contributed by atoms with Gasteiger partial charge in [0.2, 0.25) is 0 Å². The van der Waals surface area contributed by atoms with E-state index in [1.807, 2.05) is 17.4 Å². The molecule has 0 aliphatic rings. The number of hydrogen-bond acceptors (Lipinski definition) is 2. The second-order valence-electron chi connectivity index (χ2n) is 11.3. The van der Waals surface area contributed by atoms with E-state index in [0.717, 1.165) is 27.5 Å². The van der Waals surface area contributed by atoms with E-state index in [9.17, 15) is 0 Å². The number of fused-ring (bicyclic) bond motifs is 6. The van der Waals surface area contributed by atoms with Crippen molar-refractivity contribution in [1.82, 2.24) is 0 Å². The molecule has 44 heavy (non-hydrogen) atoms. The lowest BCUT2D eigenvalue weighted by molar-refractivity contribution is 0.669. The van der Waals surface area contributed by atoms with E-state index in [1.165, 1.54) is 59.1 Å². The number of para-hydroxylation sites is 1. The van der Waals surface area contributed by atoms with Crippen LogP contribution in [0.4, 0.5) is 0 Å². The lowest BCUT2D eigenvalue weighted by atomic mass is 9.87. The van der Waals surface area contributed by atoms with Crippen molar-refractivity contribution in [3.05, 3.63) is 158 Å². The summed E-state index contributed by atoms with van der Waals surface area (Å²) in [6.45, 7) is 0. The molecule has 2 aromatic heterocycles. The van der Waals surface area contributed by atoms with Crippen LogP contribution in [0.5, 0.6) is 0 Å². The Morgan fingerprint density at radius 2 is 0.955 bits per heavy atom. The first kappa shape index (κ1) is 25.1. The first-order valence-corrected chi connectivity index (χ1v) is 15.7. The summed E-state index contributed by atoms with van der Waals surface area (Å²) in [7, 11) is 0. The van der Waals surface area contributed by atoms with E-state index in [-0.39, 0.29) is 0 Å². The molecule has 2 heteroatoms. The molecule has 9 rings (SSSR count). The Morgan fingerprint density at radius 3 is 1.77 bits per heavy atom. The van der Waals surface area contributed by atoms with Gasteiger partial charge in [0.1, 0.15) is 11.2 Å². The van der Waals surface area contributed by atoms with Gasteiger partial charge in [-0.15, -0.1) is 11.3 Å². The smallest absolute Gasteiger partial charge is 0.136 e. The van der Waals surface area contributed by atoms with Crippen molar-refractivity contribution in [3.8, 4) is 44.5 Å². The summed E-state index contributed by atoms with van der Waals surface area (Å²) < 4.78 is 9.17. The SMILES string of the molecule is c1ccc(-c2ccccc2-c2ccccc2-c2cc(-c3ccc4c(c3)sc3ccccc34)cc3oc4ccccc4c23)cc1. The molecule has 0 amide bonds. The Hall–Kier alpha value is -5.44. The van der Waals surface area contributed by atoms with Gasteiger partial charge in [0, 0.05) is 30.9 Å². The molecule has 0 radical (unpaired) electrons. The third-order valence-corrected chi connectivity index (χ3v) is 9.84. The van der Waals surface area contributed by atoms with E-state index in [0.29, 0.717) is 0 Å². The molecule has 0 N–H and O–H groups in total. The highest BCUT2D eigenvalue weighted by molar-refractivity contribution is 7.25. The Morgan fingerprint density at radius 1 is 0.341 bits per heavy atom. The standard InChI is InChI=1S/C42H26OS/c1-2-12-27(13-3-1)30-14-4-5-15-31(30)32-16-6-7-17-33(32)37-24-29(25-39-42(37)36-19-8-10-20-38(36)43-39)28-22-23-35-34-18-9-11-21-40(34)44-41(35)26-28/h1-26H. The molecule has 0 atom stereocenters. The molecule has 7 aromatic carbocycles. The monoisotopic (exact) mass is 578 g/mol. The third-order valence-electron chi connectivity index (χ3n) is 8.71. The number of thiophene rings is 1. The molecule has 0 fully saturated rings. The van der Waals surface area contributed by atoms with E-state index in [2.05, 4.69) is 152 Å². The van der Waals surface area contributed by atoms with Crippen LogP contribution in [-0.4, -0.2) is 0 Å². The highest BCUT2D eigenvalue weighted by Gasteiger charge is 2.19. The highest BCUT2D eigenvalue weighted by Crippen LogP contribution is 2.45. The second kappa shape index (κ2) is 10.1.